The molecule has 1 heterocycles. The summed E-state index contributed by atoms with van der Waals surface area (Å²) in [4.78, 5) is 1.95. The molecule has 0 saturated carbocycles. The minimum atomic E-state index is -4.78. The Balaban J connectivity index is 2.03. The van der Waals surface area contributed by atoms with Crippen molar-refractivity contribution in [2.45, 2.75) is 26.8 Å². The quantitative estimate of drug-likeness (QED) is 0.544. The van der Waals surface area contributed by atoms with Crippen LogP contribution < -0.4 is 0 Å². The van der Waals surface area contributed by atoms with Gasteiger partial charge in [0.25, 0.3) is 0 Å². The van der Waals surface area contributed by atoms with E-state index in [-0.39, 0.29) is 10.7 Å². The number of aliphatic hydroxyl groups is 2. The monoisotopic (exact) mass is 558 g/mol. The van der Waals surface area contributed by atoms with Crippen LogP contribution in [0.5, 0.6) is 0 Å². The van der Waals surface area contributed by atoms with Crippen molar-refractivity contribution in [1.82, 2.24) is 4.31 Å². The Bertz CT molecular complexity index is 1390. The fraction of sp³-hybridized carbons (Fsp3) is 0.316. The summed E-state index contributed by atoms with van der Waals surface area (Å²) in [5, 5.41) is 17.7. The highest BCUT2D eigenvalue weighted by Gasteiger charge is 2.55. The van der Waals surface area contributed by atoms with E-state index in [1.807, 2.05) is 0 Å². The topological polar surface area (TPSA) is 116 Å². The normalized spacial score (nSPS) is 22.0. The number of hydrogen-bond donors (Lipinski definition) is 2. The third-order valence-electron chi connectivity index (χ3n) is 5.31. The number of sulfone groups is 1. The van der Waals surface area contributed by atoms with E-state index in [1.165, 1.54) is 0 Å². The van der Waals surface area contributed by atoms with Gasteiger partial charge in [0.15, 0.2) is 9.84 Å². The average Bonchev–Trinajstić information content (AvgIpc) is 3.12. The second-order valence-electron chi connectivity index (χ2n) is 7.46. The van der Waals surface area contributed by atoms with E-state index >= 15 is 0 Å². The van der Waals surface area contributed by atoms with Gasteiger partial charge in [-0.2, -0.15) is 17.5 Å². The molecule has 184 valence electrons. The van der Waals surface area contributed by atoms with Crippen LogP contribution in [0.15, 0.2) is 46.2 Å². The lowest BCUT2D eigenvalue weighted by atomic mass is 10.1. The number of rotatable bonds is 5. The summed E-state index contributed by atoms with van der Waals surface area (Å²) in [6.07, 6.45) is -4.78. The number of β-amino-alcohol motifs (C(OH)–C–C–N with tert-alkyl or cyclic N) is 1. The minimum absolute atomic E-state index is 0.0365. The summed E-state index contributed by atoms with van der Waals surface area (Å²) in [5.74, 6) is 0. The van der Waals surface area contributed by atoms with Crippen LogP contribution in [0.2, 0.25) is 10.0 Å². The van der Waals surface area contributed by atoms with Gasteiger partial charge < -0.3 is 10.2 Å². The summed E-state index contributed by atoms with van der Waals surface area (Å²) < 4.78 is 91.8. The number of halogens is 5. The second kappa shape index (κ2) is 8.94. The molecule has 8 nitrogen and oxygen atoms in total. The van der Waals surface area contributed by atoms with Gasteiger partial charge in [-0.15, -0.1) is 0 Å². The molecule has 0 aliphatic carbocycles. The van der Waals surface area contributed by atoms with Crippen molar-refractivity contribution in [1.29, 1.82) is 0 Å². The summed E-state index contributed by atoms with van der Waals surface area (Å²) >= 11 is 11.7. The Morgan fingerprint density at radius 1 is 1.12 bits per heavy atom. The number of alkyl halides is 3. The van der Waals surface area contributed by atoms with Crippen LogP contribution in [0, 0.1) is 6.57 Å². The molecule has 3 rings (SSSR count). The first kappa shape index (κ1) is 26.7. The summed E-state index contributed by atoms with van der Waals surface area (Å²) in [6.45, 7) is 4.14. The number of benzene rings is 2. The zero-order valence-electron chi connectivity index (χ0n) is 16.8. The van der Waals surface area contributed by atoms with E-state index < -0.39 is 77.0 Å². The van der Waals surface area contributed by atoms with Gasteiger partial charge in [0.1, 0.15) is 15.7 Å². The molecule has 2 aromatic rings. The fourth-order valence-electron chi connectivity index (χ4n) is 3.49. The first-order valence-corrected chi connectivity index (χ1v) is 12.9. The Hall–Kier alpha value is -1.92. The van der Waals surface area contributed by atoms with Crippen LogP contribution in [-0.4, -0.2) is 61.9 Å². The van der Waals surface area contributed by atoms with E-state index in [0.29, 0.717) is 22.5 Å². The zero-order valence-corrected chi connectivity index (χ0v) is 19.9. The highest BCUT2D eigenvalue weighted by molar-refractivity contribution is 7.92. The highest BCUT2D eigenvalue weighted by Crippen LogP contribution is 2.39. The molecule has 15 heteroatoms. The number of hydrogen-bond acceptors (Lipinski definition) is 6. The largest absolute Gasteiger partial charge is 0.416 e. The Morgan fingerprint density at radius 3 is 2.26 bits per heavy atom. The predicted molar refractivity (Wildman–Crippen MR) is 116 cm³/mol. The fourth-order valence-corrected chi connectivity index (χ4v) is 7.88. The number of nitrogens with zero attached hydrogens (tertiary/aromatic N) is 2. The molecular formula is C19H15Cl2F3N2O6S2. The van der Waals surface area contributed by atoms with Crippen LogP contribution in [0.4, 0.5) is 18.9 Å². The van der Waals surface area contributed by atoms with E-state index in [4.69, 9.17) is 29.8 Å². The van der Waals surface area contributed by atoms with Gasteiger partial charge >= 0.3 is 6.18 Å². The molecule has 1 saturated heterocycles. The molecule has 0 unspecified atom stereocenters. The summed E-state index contributed by atoms with van der Waals surface area (Å²) in [5.41, 5.74) is -3.68. The lowest BCUT2D eigenvalue weighted by molar-refractivity contribution is -0.137. The third kappa shape index (κ3) is 4.64. The van der Waals surface area contributed by atoms with Crippen molar-refractivity contribution in [3.8, 4) is 0 Å². The molecule has 1 aliphatic heterocycles. The van der Waals surface area contributed by atoms with E-state index in [2.05, 4.69) is 4.85 Å². The molecule has 1 aliphatic rings. The van der Waals surface area contributed by atoms with Crippen LogP contribution in [0.1, 0.15) is 5.56 Å². The predicted octanol–water partition coefficient (Wildman–Crippen LogP) is 3.13. The third-order valence-corrected chi connectivity index (χ3v) is 10.2. The first-order chi connectivity index (χ1) is 15.6. The molecule has 2 aromatic carbocycles. The molecule has 1 fully saturated rings. The van der Waals surface area contributed by atoms with Crippen molar-refractivity contribution in [2.24, 2.45) is 0 Å². The molecule has 0 radical (unpaired) electrons. The Kier molecular flexibility index (Phi) is 7.02. The minimum Gasteiger partial charge on any atom is -0.393 e. The maximum atomic E-state index is 13.2. The van der Waals surface area contributed by atoms with E-state index in [9.17, 15) is 40.2 Å². The van der Waals surface area contributed by atoms with Gasteiger partial charge in [0.05, 0.1) is 28.7 Å². The second-order valence-corrected chi connectivity index (χ2v) is 12.3. The molecule has 0 aromatic heterocycles. The van der Waals surface area contributed by atoms with Crippen molar-refractivity contribution in [2.75, 3.05) is 19.7 Å². The first-order valence-electron chi connectivity index (χ1n) is 9.19. The standard InChI is InChI=1S/C19H15Cl2F3N2O6S2/c1-25-15-4-3-12(7-13(15)20)33(29,30)17-8-26(9-18(17,28)10-27)34(31,32)16-5-2-11(6-14(16)21)19(22,23)24/h2-7,17,27-28H,8-10H2/t17-,18+/m0/s1. The van der Waals surface area contributed by atoms with Crippen molar-refractivity contribution in [3.63, 3.8) is 0 Å². The van der Waals surface area contributed by atoms with E-state index in [1.54, 1.807) is 0 Å². The summed E-state index contributed by atoms with van der Waals surface area (Å²) in [7, 11) is -9.18. The molecule has 0 spiro atoms. The van der Waals surface area contributed by atoms with Crippen LogP contribution in [0.3, 0.4) is 0 Å². The molecule has 0 amide bonds. The SMILES string of the molecule is [C-]#[N+]c1ccc(S(=O)(=O)[C@H]2CN(S(=O)(=O)c3ccc(C(F)(F)F)cc3Cl)C[C@@]2(O)CO)cc1Cl. The van der Waals surface area contributed by atoms with Gasteiger partial charge in [-0.3, -0.25) is 0 Å². The molecule has 2 N–H and O–H groups in total. The average molecular weight is 559 g/mol. The molecular weight excluding hydrogens is 544 g/mol. The van der Waals surface area contributed by atoms with Crippen LogP contribution in [0.25, 0.3) is 4.85 Å². The molecule has 2 atom stereocenters. The smallest absolute Gasteiger partial charge is 0.393 e. The van der Waals surface area contributed by atoms with Crippen molar-refractivity contribution in [3.05, 3.63) is 63.4 Å². The Labute approximate surface area is 202 Å². The van der Waals surface area contributed by atoms with Gasteiger partial charge in [0.2, 0.25) is 15.7 Å². The van der Waals surface area contributed by atoms with Gasteiger partial charge in [-0.1, -0.05) is 35.3 Å². The van der Waals surface area contributed by atoms with Crippen molar-refractivity contribution >= 4 is 48.7 Å². The van der Waals surface area contributed by atoms with Crippen LogP contribution in [-0.2, 0) is 26.0 Å². The van der Waals surface area contributed by atoms with Crippen molar-refractivity contribution < 1.29 is 40.2 Å². The highest BCUT2D eigenvalue weighted by atomic mass is 35.5. The number of aliphatic hydroxyl groups excluding tert-OH is 1. The van der Waals surface area contributed by atoms with Crippen LogP contribution >= 0.6 is 23.2 Å². The van der Waals surface area contributed by atoms with Gasteiger partial charge in [-0.05, 0) is 24.3 Å². The van der Waals surface area contributed by atoms with Gasteiger partial charge in [-0.25, -0.2) is 21.7 Å². The lowest BCUT2D eigenvalue weighted by Crippen LogP contribution is -2.49. The van der Waals surface area contributed by atoms with Gasteiger partial charge in [0, 0.05) is 18.1 Å². The maximum Gasteiger partial charge on any atom is 0.416 e. The zero-order chi connectivity index (χ0) is 25.7. The van der Waals surface area contributed by atoms with E-state index in [0.717, 1.165) is 18.2 Å². The lowest BCUT2D eigenvalue weighted by Gasteiger charge is -2.26. The maximum absolute atomic E-state index is 13.2. The molecule has 34 heavy (non-hydrogen) atoms. The molecule has 0 bridgehead atoms. The Morgan fingerprint density at radius 2 is 1.76 bits per heavy atom. The number of sulfonamides is 1. The summed E-state index contributed by atoms with van der Waals surface area (Å²) in [6, 6.07) is 4.69.